The summed E-state index contributed by atoms with van der Waals surface area (Å²) in [6.45, 7) is 4.12. The minimum atomic E-state index is -0.0509. The normalized spacial score (nSPS) is 18.5. The molecule has 25 heavy (non-hydrogen) atoms. The second-order valence-corrected chi connectivity index (χ2v) is 7.12. The van der Waals surface area contributed by atoms with Crippen molar-refractivity contribution >= 4 is 5.82 Å². The molecule has 0 spiro atoms. The Hall–Kier alpha value is -2.44. The number of rotatable bonds is 4. The highest BCUT2D eigenvalue weighted by Gasteiger charge is 2.28. The van der Waals surface area contributed by atoms with E-state index < -0.39 is 0 Å². The van der Waals surface area contributed by atoms with Crippen molar-refractivity contribution in [2.75, 3.05) is 18.0 Å². The highest BCUT2D eigenvalue weighted by molar-refractivity contribution is 5.36. The Morgan fingerprint density at radius 2 is 1.88 bits per heavy atom. The summed E-state index contributed by atoms with van der Waals surface area (Å²) in [6.07, 6.45) is 7.57. The minimum Gasteiger partial charge on any atom is -0.352 e. The van der Waals surface area contributed by atoms with Crippen LogP contribution in [-0.4, -0.2) is 32.4 Å². The van der Waals surface area contributed by atoms with E-state index in [1.165, 1.54) is 0 Å². The zero-order chi connectivity index (χ0) is 17.4. The summed E-state index contributed by atoms with van der Waals surface area (Å²) in [5.41, 5.74) is 0.830. The van der Waals surface area contributed by atoms with Crippen molar-refractivity contribution in [3.05, 3.63) is 50.9 Å². The average molecular weight is 341 g/mol. The van der Waals surface area contributed by atoms with Crippen molar-refractivity contribution in [2.24, 2.45) is 5.92 Å². The van der Waals surface area contributed by atoms with Crippen molar-refractivity contribution in [1.29, 1.82) is 0 Å². The molecule has 1 aliphatic carbocycles. The first kappa shape index (κ1) is 16.1. The summed E-state index contributed by atoms with van der Waals surface area (Å²) in [7, 11) is 0. The van der Waals surface area contributed by atoms with Gasteiger partial charge in [0.05, 0.1) is 5.69 Å². The van der Waals surface area contributed by atoms with Crippen LogP contribution in [0.4, 0.5) is 5.82 Å². The highest BCUT2D eigenvalue weighted by Crippen LogP contribution is 2.33. The molecule has 2 aliphatic rings. The monoisotopic (exact) mass is 341 g/mol. The topological polar surface area (TPSA) is 73.0 Å². The maximum atomic E-state index is 12.6. The predicted molar refractivity (Wildman–Crippen MR) is 94.9 cm³/mol. The molecule has 0 aromatic carbocycles. The number of piperidine rings is 1. The molecule has 2 aromatic heterocycles. The Bertz CT molecular complexity index is 876. The second kappa shape index (κ2) is 6.46. The third kappa shape index (κ3) is 3.36. The lowest BCUT2D eigenvalue weighted by molar-refractivity contribution is 0.333. The number of aromatic nitrogens is 4. The molecule has 0 amide bonds. The van der Waals surface area contributed by atoms with Crippen LogP contribution < -0.4 is 16.0 Å². The molecule has 0 radical (unpaired) electrons. The van der Waals surface area contributed by atoms with E-state index in [2.05, 4.69) is 15.0 Å². The molecule has 2 aromatic rings. The van der Waals surface area contributed by atoms with Crippen LogP contribution in [0.5, 0.6) is 0 Å². The lowest BCUT2D eigenvalue weighted by atomic mass is 9.97. The second-order valence-electron chi connectivity index (χ2n) is 7.12. The summed E-state index contributed by atoms with van der Waals surface area (Å²) in [5, 5.41) is 4.32. The Morgan fingerprint density at radius 1 is 1.12 bits per heavy atom. The summed E-state index contributed by atoms with van der Waals surface area (Å²) in [6, 6.07) is 3.69. The van der Waals surface area contributed by atoms with Gasteiger partial charge in [-0.2, -0.15) is 5.10 Å². The molecule has 1 saturated heterocycles. The molecule has 7 nitrogen and oxygen atoms in total. The van der Waals surface area contributed by atoms with Crippen molar-refractivity contribution in [3.8, 4) is 0 Å². The summed E-state index contributed by atoms with van der Waals surface area (Å²) in [5.74, 6) is 0.969. The Kier molecular flexibility index (Phi) is 4.15. The smallest absolute Gasteiger partial charge is 0.293 e. The molecule has 7 heteroatoms. The molecule has 0 unspecified atom stereocenters. The first-order valence-electron chi connectivity index (χ1n) is 8.98. The van der Waals surface area contributed by atoms with Crippen LogP contribution in [0.15, 0.2) is 34.1 Å². The molecule has 132 valence electrons. The summed E-state index contributed by atoms with van der Waals surface area (Å²) >= 11 is 0. The highest BCUT2D eigenvalue weighted by atomic mass is 16.1. The van der Waals surface area contributed by atoms with Crippen LogP contribution in [0.1, 0.15) is 37.4 Å². The lowest BCUT2D eigenvalue weighted by Crippen LogP contribution is -2.40. The first-order chi connectivity index (χ1) is 12.1. The zero-order valence-corrected chi connectivity index (χ0v) is 14.5. The van der Waals surface area contributed by atoms with Crippen molar-refractivity contribution in [2.45, 2.75) is 45.2 Å². The Balaban J connectivity index is 1.43. The van der Waals surface area contributed by atoms with Crippen molar-refractivity contribution in [3.63, 3.8) is 0 Å². The van der Waals surface area contributed by atoms with Gasteiger partial charge in [-0.3, -0.25) is 9.59 Å². The first-order valence-corrected chi connectivity index (χ1v) is 8.98. The third-order valence-electron chi connectivity index (χ3n) is 5.14. The molecule has 2 fully saturated rings. The lowest BCUT2D eigenvalue weighted by Gasteiger charge is -2.32. The Labute approximate surface area is 145 Å². The van der Waals surface area contributed by atoms with E-state index in [1.54, 1.807) is 29.2 Å². The fraction of sp³-hybridized carbons (Fsp3) is 0.556. The van der Waals surface area contributed by atoms with E-state index in [9.17, 15) is 9.59 Å². The van der Waals surface area contributed by atoms with Crippen LogP contribution in [0.3, 0.4) is 0 Å². The maximum absolute atomic E-state index is 12.6. The molecule has 1 saturated carbocycles. The fourth-order valence-electron chi connectivity index (χ4n) is 3.52. The summed E-state index contributed by atoms with van der Waals surface area (Å²) in [4.78, 5) is 30.9. The van der Waals surface area contributed by atoms with Gasteiger partial charge >= 0.3 is 0 Å². The van der Waals surface area contributed by atoms with Crippen LogP contribution in [-0.2, 0) is 6.54 Å². The molecule has 3 heterocycles. The van der Waals surface area contributed by atoms with Gasteiger partial charge in [-0.1, -0.05) is 0 Å². The number of hydrogen-bond donors (Lipinski definition) is 0. The van der Waals surface area contributed by atoms with E-state index >= 15 is 0 Å². The van der Waals surface area contributed by atoms with E-state index in [4.69, 9.17) is 0 Å². The van der Waals surface area contributed by atoms with E-state index in [1.807, 2.05) is 11.5 Å². The molecular weight excluding hydrogens is 318 g/mol. The van der Waals surface area contributed by atoms with Gasteiger partial charge in [-0.25, -0.2) is 9.67 Å². The fourth-order valence-corrected chi connectivity index (χ4v) is 3.52. The SMILES string of the molecule is Cc1ccc(=O)n(CC2CCN(c3nccn(C4CC4)c3=O)CC2)n1. The molecule has 0 bridgehead atoms. The average Bonchev–Trinajstić information content (AvgIpc) is 3.44. The molecule has 0 atom stereocenters. The quantitative estimate of drug-likeness (QED) is 0.839. The standard InChI is InChI=1S/C18H23N5O2/c1-13-2-5-16(24)23(20-13)12-14-6-9-21(10-7-14)17-18(25)22(11-8-19-17)15-3-4-15/h2,5,8,11,14-15H,3-4,6-7,9-10,12H2,1H3. The third-order valence-corrected chi connectivity index (χ3v) is 5.14. The van der Waals surface area contributed by atoms with Gasteiger partial charge in [-0.05, 0) is 44.6 Å². The van der Waals surface area contributed by atoms with Crippen LogP contribution in [0, 0.1) is 12.8 Å². The van der Waals surface area contributed by atoms with E-state index in [-0.39, 0.29) is 11.1 Å². The van der Waals surface area contributed by atoms with Crippen LogP contribution in [0.2, 0.25) is 0 Å². The Morgan fingerprint density at radius 3 is 2.60 bits per heavy atom. The van der Waals surface area contributed by atoms with Gasteiger partial charge in [0, 0.05) is 44.1 Å². The number of aryl methyl sites for hydroxylation is 1. The number of anilines is 1. The van der Waals surface area contributed by atoms with Gasteiger partial charge < -0.3 is 9.47 Å². The molecule has 0 N–H and O–H groups in total. The molecule has 1 aliphatic heterocycles. The summed E-state index contributed by atoms with van der Waals surface area (Å²) < 4.78 is 3.39. The molecule has 4 rings (SSSR count). The van der Waals surface area contributed by atoms with E-state index in [0.29, 0.717) is 24.3 Å². The van der Waals surface area contributed by atoms with Crippen LogP contribution in [0.25, 0.3) is 0 Å². The predicted octanol–water partition coefficient (Wildman–Crippen LogP) is 1.36. The zero-order valence-electron chi connectivity index (χ0n) is 14.5. The number of hydrogen-bond acceptors (Lipinski definition) is 5. The number of nitrogens with zero attached hydrogens (tertiary/aromatic N) is 5. The van der Waals surface area contributed by atoms with Gasteiger partial charge in [0.2, 0.25) is 0 Å². The van der Waals surface area contributed by atoms with Crippen molar-refractivity contribution in [1.82, 2.24) is 19.3 Å². The van der Waals surface area contributed by atoms with Gasteiger partial charge in [-0.15, -0.1) is 0 Å². The largest absolute Gasteiger partial charge is 0.352 e. The van der Waals surface area contributed by atoms with Gasteiger partial charge in [0.1, 0.15) is 0 Å². The van der Waals surface area contributed by atoms with E-state index in [0.717, 1.165) is 44.5 Å². The minimum absolute atomic E-state index is 0.0278. The van der Waals surface area contributed by atoms with Crippen molar-refractivity contribution < 1.29 is 0 Å². The van der Waals surface area contributed by atoms with Gasteiger partial charge in [0.25, 0.3) is 11.1 Å². The van der Waals surface area contributed by atoms with Gasteiger partial charge in [0.15, 0.2) is 5.82 Å². The maximum Gasteiger partial charge on any atom is 0.293 e. The van der Waals surface area contributed by atoms with Crippen LogP contribution >= 0.6 is 0 Å². The molecular formula is C18H23N5O2.